The predicted octanol–water partition coefficient (Wildman–Crippen LogP) is -6.87. The van der Waals surface area contributed by atoms with Crippen LogP contribution in [-0.4, -0.2) is 205 Å². The van der Waals surface area contributed by atoms with E-state index >= 15 is 0 Å². The van der Waals surface area contributed by atoms with Gasteiger partial charge in [0.15, 0.2) is 24.8 Å². The molecule has 0 radical (unpaired) electrons. The topological polar surface area (TPSA) is 309 Å². The highest BCUT2D eigenvalue weighted by atomic mass is 16.8. The van der Waals surface area contributed by atoms with Gasteiger partial charge in [-0.1, -0.05) is 6.92 Å². The van der Waals surface area contributed by atoms with Gasteiger partial charge in [-0.2, -0.15) is 0 Å². The van der Waals surface area contributed by atoms with Crippen LogP contribution in [0.1, 0.15) is 20.3 Å². The van der Waals surface area contributed by atoms with Gasteiger partial charge in [-0.3, -0.25) is 0 Å². The van der Waals surface area contributed by atoms with Gasteiger partial charge in [-0.25, -0.2) is 4.99 Å². The lowest BCUT2D eigenvalue weighted by Gasteiger charge is -2.49. The number of fused-ring (bicyclic) bond motifs is 1. The van der Waals surface area contributed by atoms with Crippen LogP contribution in [-0.2, 0) is 37.9 Å². The van der Waals surface area contributed by atoms with E-state index < -0.39 is 143 Å². The Bertz CT molecular complexity index is 1060. The third kappa shape index (κ3) is 7.18. The van der Waals surface area contributed by atoms with Crippen LogP contribution in [0.4, 0.5) is 0 Å². The van der Waals surface area contributed by atoms with Crippen LogP contribution in [0.25, 0.3) is 0 Å². The molecule has 0 aromatic carbocycles. The van der Waals surface area contributed by atoms with Gasteiger partial charge >= 0.3 is 0 Å². The molecule has 5 aliphatic heterocycles. The smallest absolute Gasteiger partial charge is 0.227 e. The molecule has 20 nitrogen and oxygen atoms in total. The largest absolute Gasteiger partial charge is 0.450 e. The minimum absolute atomic E-state index is 0.187. The summed E-state index contributed by atoms with van der Waals surface area (Å²) in [5, 5.41) is 116. The van der Waals surface area contributed by atoms with E-state index in [0.717, 1.165) is 0 Å². The summed E-state index contributed by atoms with van der Waals surface area (Å²) in [5.41, 5.74) is 0. The first kappa shape index (κ1) is 37.0. The minimum Gasteiger partial charge on any atom is -0.450 e. The third-order valence-electron chi connectivity index (χ3n) is 9.03. The normalized spacial score (nSPS) is 52.1. The molecule has 0 saturated carbocycles. The van der Waals surface area contributed by atoms with E-state index in [0.29, 0.717) is 0 Å². The number of aliphatic imine (C=N–C) groups is 1. The maximum Gasteiger partial charge on any atom is 0.227 e. The van der Waals surface area contributed by atoms with Gasteiger partial charge in [-0.05, 0) is 6.42 Å². The first-order valence-electron chi connectivity index (χ1n) is 15.4. The standard InChI is InChI=1S/C27H45NO19/c1-3-8-13(32)17(36)19(38)25(41-8)47-23-18(37)14(33)9(4-29)43-27(23)46-22-15(34)10(5-30)42-26(20(22)39)45-21-11(6-31)44-24-12(16(21)35)28-7(2)40-24/h8-27,29-39H,3-6H2,1-2H3/t8-,9-,10?,11?,12?,13+,14+,15+,16+,17?,18?,19?,20?,21+,22-,23?,24-,25+,26-,27+/m0/s1. The number of rotatable bonds is 10. The minimum atomic E-state index is -1.93. The second-order valence-electron chi connectivity index (χ2n) is 12.1. The number of ether oxygens (including phenoxy) is 8. The second kappa shape index (κ2) is 15.3. The summed E-state index contributed by atoms with van der Waals surface area (Å²) in [5.74, 6) is 0.224. The summed E-state index contributed by atoms with van der Waals surface area (Å²) < 4.78 is 45.3. The second-order valence-corrected chi connectivity index (χ2v) is 12.1. The average Bonchev–Trinajstić information content (AvgIpc) is 3.44. The summed E-state index contributed by atoms with van der Waals surface area (Å²) in [6, 6.07) is -0.948. The molecule has 0 aliphatic carbocycles. The van der Waals surface area contributed by atoms with Gasteiger partial charge in [0.1, 0.15) is 91.5 Å². The fourth-order valence-corrected chi connectivity index (χ4v) is 6.33. The van der Waals surface area contributed by atoms with Gasteiger partial charge < -0.3 is 94.1 Å². The van der Waals surface area contributed by atoms with Gasteiger partial charge in [-0.15, -0.1) is 0 Å². The third-order valence-corrected chi connectivity index (χ3v) is 9.03. The van der Waals surface area contributed by atoms with E-state index in [9.17, 15) is 56.2 Å². The molecule has 0 spiro atoms. The zero-order valence-electron chi connectivity index (χ0n) is 25.5. The van der Waals surface area contributed by atoms with E-state index in [1.165, 1.54) is 6.92 Å². The summed E-state index contributed by atoms with van der Waals surface area (Å²) in [4.78, 5) is 4.16. The molecule has 272 valence electrons. The van der Waals surface area contributed by atoms with Crippen LogP contribution in [0, 0.1) is 0 Å². The van der Waals surface area contributed by atoms with Crippen LogP contribution in [0.3, 0.4) is 0 Å². The van der Waals surface area contributed by atoms with Crippen molar-refractivity contribution >= 4 is 5.90 Å². The number of nitrogens with zero attached hydrogens (tertiary/aromatic N) is 1. The molecule has 4 fully saturated rings. The van der Waals surface area contributed by atoms with Gasteiger partial charge in [0.2, 0.25) is 6.29 Å². The monoisotopic (exact) mass is 687 g/mol. The van der Waals surface area contributed by atoms with Crippen molar-refractivity contribution < 1.29 is 94.1 Å². The lowest BCUT2D eigenvalue weighted by molar-refractivity contribution is -0.393. The highest BCUT2D eigenvalue weighted by molar-refractivity contribution is 5.75. The Morgan fingerprint density at radius 1 is 0.532 bits per heavy atom. The molecule has 0 aromatic rings. The fraction of sp³-hybridized carbons (Fsp3) is 0.963. The van der Waals surface area contributed by atoms with Crippen molar-refractivity contribution in [3.05, 3.63) is 0 Å². The van der Waals surface area contributed by atoms with E-state index in [1.807, 2.05) is 0 Å². The van der Waals surface area contributed by atoms with Crippen molar-refractivity contribution in [1.82, 2.24) is 0 Å². The van der Waals surface area contributed by atoms with Crippen molar-refractivity contribution in [2.45, 2.75) is 143 Å². The number of aliphatic hydroxyl groups excluding tert-OH is 11. The number of hydrogen-bond acceptors (Lipinski definition) is 20. The SMILES string of the molecule is CC[C@@H]1O[C@H](OC2C(O)[C@H](O)[C@H](CO)O[C@@H]2O[C@@H]2C(O)[C@H](O[C@@H]3C(CO)O[C@@H]4OC(C)=NC4[C@H]3O)OC(CO)[C@H]2O)C(O)C(O)[C@@H]1O. The molecule has 8 unspecified atom stereocenters. The molecule has 0 aromatic heterocycles. The Balaban J connectivity index is 1.37. The summed E-state index contributed by atoms with van der Waals surface area (Å²) in [6.45, 7) is 0.873. The molecule has 5 heterocycles. The summed E-state index contributed by atoms with van der Waals surface area (Å²) in [7, 11) is 0. The van der Waals surface area contributed by atoms with Crippen molar-refractivity contribution in [3.63, 3.8) is 0 Å². The quantitative estimate of drug-likeness (QED) is 0.102. The highest BCUT2D eigenvalue weighted by Crippen LogP contribution is 2.36. The van der Waals surface area contributed by atoms with Gasteiger partial charge in [0, 0.05) is 6.92 Å². The van der Waals surface area contributed by atoms with E-state index in [2.05, 4.69) is 4.99 Å². The number of aliphatic hydroxyl groups is 11. The van der Waals surface area contributed by atoms with Crippen LogP contribution < -0.4 is 0 Å². The van der Waals surface area contributed by atoms with Crippen LogP contribution in [0.5, 0.6) is 0 Å². The molecule has 4 saturated heterocycles. The summed E-state index contributed by atoms with van der Waals surface area (Å²) in [6.07, 6.45) is -30.0. The average molecular weight is 688 g/mol. The van der Waals surface area contributed by atoms with E-state index in [1.54, 1.807) is 6.92 Å². The Hall–Kier alpha value is -1.25. The first-order chi connectivity index (χ1) is 22.3. The van der Waals surface area contributed by atoms with Crippen molar-refractivity contribution in [2.75, 3.05) is 19.8 Å². The van der Waals surface area contributed by atoms with Crippen LogP contribution in [0.15, 0.2) is 4.99 Å². The van der Waals surface area contributed by atoms with Crippen LogP contribution in [0.2, 0.25) is 0 Å². The number of hydrogen-bond donors (Lipinski definition) is 11. The lowest BCUT2D eigenvalue weighted by Crippen LogP contribution is -2.67. The molecule has 5 aliphatic rings. The molecule has 20 atom stereocenters. The summed E-state index contributed by atoms with van der Waals surface area (Å²) >= 11 is 0. The Labute approximate surface area is 268 Å². The Morgan fingerprint density at radius 3 is 1.70 bits per heavy atom. The molecular formula is C27H45NO19. The van der Waals surface area contributed by atoms with Crippen molar-refractivity contribution in [3.8, 4) is 0 Å². The van der Waals surface area contributed by atoms with Crippen molar-refractivity contribution in [1.29, 1.82) is 0 Å². The fourth-order valence-electron chi connectivity index (χ4n) is 6.33. The zero-order chi connectivity index (χ0) is 34.3. The molecule has 5 rings (SSSR count). The molecule has 11 N–H and O–H groups in total. The van der Waals surface area contributed by atoms with Crippen LogP contribution >= 0.6 is 0 Å². The molecule has 0 amide bonds. The van der Waals surface area contributed by atoms with E-state index in [4.69, 9.17) is 37.9 Å². The van der Waals surface area contributed by atoms with Gasteiger partial charge in [0.05, 0.1) is 25.9 Å². The van der Waals surface area contributed by atoms with Gasteiger partial charge in [0.25, 0.3) is 0 Å². The molecular weight excluding hydrogens is 642 g/mol. The Kier molecular flexibility index (Phi) is 12.1. The first-order valence-corrected chi connectivity index (χ1v) is 15.4. The zero-order valence-corrected chi connectivity index (χ0v) is 25.5. The van der Waals surface area contributed by atoms with E-state index in [-0.39, 0.29) is 12.3 Å². The molecule has 0 bridgehead atoms. The maximum absolute atomic E-state index is 11.3. The molecule has 20 heteroatoms. The highest BCUT2D eigenvalue weighted by Gasteiger charge is 2.56. The molecule has 47 heavy (non-hydrogen) atoms. The predicted molar refractivity (Wildman–Crippen MR) is 147 cm³/mol. The lowest BCUT2D eigenvalue weighted by atomic mass is 9.95. The maximum atomic E-state index is 11.3. The Morgan fingerprint density at radius 2 is 1.06 bits per heavy atom. The van der Waals surface area contributed by atoms with Crippen molar-refractivity contribution in [2.24, 2.45) is 4.99 Å².